The van der Waals surface area contributed by atoms with E-state index < -0.39 is 17.7 Å². The minimum Gasteiger partial charge on any atom is -0.376 e. The van der Waals surface area contributed by atoms with E-state index in [9.17, 15) is 8.78 Å². The van der Waals surface area contributed by atoms with Crippen LogP contribution in [0.5, 0.6) is 0 Å². The summed E-state index contributed by atoms with van der Waals surface area (Å²) in [5.41, 5.74) is 0.0851. The van der Waals surface area contributed by atoms with Crippen LogP contribution in [0.25, 0.3) is 0 Å². The minimum absolute atomic E-state index is 0.0851. The quantitative estimate of drug-likeness (QED) is 0.878. The van der Waals surface area contributed by atoms with Crippen molar-refractivity contribution in [1.29, 1.82) is 0 Å². The highest BCUT2D eigenvalue weighted by atomic mass is 19.1. The molecule has 1 aromatic rings. The molecule has 94 valence electrons. The van der Waals surface area contributed by atoms with Crippen molar-refractivity contribution in [3.63, 3.8) is 0 Å². The predicted molar refractivity (Wildman–Crippen MR) is 61.7 cm³/mol. The largest absolute Gasteiger partial charge is 0.376 e. The Labute approximate surface area is 100.0 Å². The van der Waals surface area contributed by atoms with Gasteiger partial charge in [0.05, 0.1) is 12.1 Å². The summed E-state index contributed by atoms with van der Waals surface area (Å²) in [5, 5.41) is 2.96. The van der Waals surface area contributed by atoms with Crippen LogP contribution in [-0.2, 0) is 4.74 Å². The highest BCUT2D eigenvalue weighted by Gasteiger charge is 2.29. The molecular weight excluding hydrogens is 224 g/mol. The number of likely N-dealkylation sites (N-methyl/N-ethyl adjacent to an activating group) is 1. The van der Waals surface area contributed by atoms with E-state index in [1.807, 2.05) is 0 Å². The monoisotopic (exact) mass is 241 g/mol. The van der Waals surface area contributed by atoms with Gasteiger partial charge >= 0.3 is 0 Å². The summed E-state index contributed by atoms with van der Waals surface area (Å²) in [6.45, 7) is 0.666. The highest BCUT2D eigenvalue weighted by molar-refractivity contribution is 5.24. The van der Waals surface area contributed by atoms with Gasteiger partial charge in [0.25, 0.3) is 0 Å². The molecule has 0 aromatic heterocycles. The first-order valence-corrected chi connectivity index (χ1v) is 5.97. The molecule has 1 aliphatic heterocycles. The SMILES string of the molecule is CNC(c1c(F)cccc1F)C1CCCCO1. The Morgan fingerprint density at radius 1 is 1.29 bits per heavy atom. The zero-order valence-corrected chi connectivity index (χ0v) is 9.88. The van der Waals surface area contributed by atoms with E-state index in [0.717, 1.165) is 19.3 Å². The van der Waals surface area contributed by atoms with Gasteiger partial charge in [0.1, 0.15) is 11.6 Å². The number of rotatable bonds is 3. The van der Waals surface area contributed by atoms with E-state index in [-0.39, 0.29) is 11.7 Å². The second kappa shape index (κ2) is 5.56. The molecule has 1 N–H and O–H groups in total. The van der Waals surface area contributed by atoms with Gasteiger partial charge in [0.15, 0.2) is 0 Å². The Bertz CT molecular complexity index is 357. The highest BCUT2D eigenvalue weighted by Crippen LogP contribution is 2.29. The van der Waals surface area contributed by atoms with Gasteiger partial charge in [-0.1, -0.05) is 6.07 Å². The maximum atomic E-state index is 13.7. The summed E-state index contributed by atoms with van der Waals surface area (Å²) in [6, 6.07) is 3.52. The van der Waals surface area contributed by atoms with E-state index >= 15 is 0 Å². The Hall–Kier alpha value is -1.00. The average Bonchev–Trinajstić information content (AvgIpc) is 2.35. The minimum atomic E-state index is -0.515. The summed E-state index contributed by atoms with van der Waals surface area (Å²) in [6.07, 6.45) is 2.74. The molecule has 0 spiro atoms. The Morgan fingerprint density at radius 3 is 2.53 bits per heavy atom. The second-order valence-corrected chi connectivity index (χ2v) is 4.31. The van der Waals surface area contributed by atoms with Crippen LogP contribution >= 0.6 is 0 Å². The molecule has 1 fully saturated rings. The Morgan fingerprint density at radius 2 is 2.00 bits per heavy atom. The van der Waals surface area contributed by atoms with Gasteiger partial charge in [0, 0.05) is 12.2 Å². The van der Waals surface area contributed by atoms with Crippen molar-refractivity contribution in [3.05, 3.63) is 35.4 Å². The van der Waals surface area contributed by atoms with Gasteiger partial charge in [-0.05, 0) is 38.4 Å². The lowest BCUT2D eigenvalue weighted by atomic mass is 9.95. The van der Waals surface area contributed by atoms with Crippen molar-refractivity contribution < 1.29 is 13.5 Å². The summed E-state index contributed by atoms with van der Waals surface area (Å²) < 4.78 is 33.0. The van der Waals surface area contributed by atoms with E-state index in [2.05, 4.69) is 5.32 Å². The van der Waals surface area contributed by atoms with Gasteiger partial charge in [-0.3, -0.25) is 0 Å². The molecule has 1 heterocycles. The van der Waals surface area contributed by atoms with Gasteiger partial charge in [-0.2, -0.15) is 0 Å². The van der Waals surface area contributed by atoms with Crippen LogP contribution in [0.3, 0.4) is 0 Å². The third kappa shape index (κ3) is 2.64. The lowest BCUT2D eigenvalue weighted by Gasteiger charge is -2.30. The summed E-state index contributed by atoms with van der Waals surface area (Å²) in [5.74, 6) is -1.03. The second-order valence-electron chi connectivity index (χ2n) is 4.31. The number of nitrogens with one attached hydrogen (secondary N) is 1. The number of ether oxygens (including phenoxy) is 1. The van der Waals surface area contributed by atoms with Crippen LogP contribution in [0, 0.1) is 11.6 Å². The van der Waals surface area contributed by atoms with Crippen LogP contribution in [-0.4, -0.2) is 19.8 Å². The average molecular weight is 241 g/mol. The van der Waals surface area contributed by atoms with Gasteiger partial charge in [-0.25, -0.2) is 8.78 Å². The van der Waals surface area contributed by atoms with Crippen molar-refractivity contribution in [2.75, 3.05) is 13.7 Å². The molecule has 1 saturated heterocycles. The summed E-state index contributed by atoms with van der Waals surface area (Å²) in [4.78, 5) is 0. The normalized spacial score (nSPS) is 22.4. The van der Waals surface area contributed by atoms with E-state index in [1.165, 1.54) is 18.2 Å². The zero-order chi connectivity index (χ0) is 12.3. The lowest BCUT2D eigenvalue weighted by Crippen LogP contribution is -2.35. The maximum Gasteiger partial charge on any atom is 0.131 e. The van der Waals surface area contributed by atoms with E-state index in [0.29, 0.717) is 6.61 Å². The summed E-state index contributed by atoms with van der Waals surface area (Å²) >= 11 is 0. The number of halogens is 2. The molecule has 0 radical (unpaired) electrons. The first kappa shape index (κ1) is 12.5. The van der Waals surface area contributed by atoms with Crippen LogP contribution < -0.4 is 5.32 Å². The molecule has 0 aliphatic carbocycles. The molecule has 17 heavy (non-hydrogen) atoms. The number of hydrogen-bond donors (Lipinski definition) is 1. The van der Waals surface area contributed by atoms with Crippen LogP contribution in [0.4, 0.5) is 8.78 Å². The molecule has 2 atom stereocenters. The van der Waals surface area contributed by atoms with Crippen LogP contribution in [0.15, 0.2) is 18.2 Å². The molecule has 2 nitrogen and oxygen atoms in total. The Balaban J connectivity index is 2.27. The fourth-order valence-electron chi connectivity index (χ4n) is 2.35. The Kier molecular flexibility index (Phi) is 4.07. The molecule has 1 aliphatic rings. The third-order valence-electron chi connectivity index (χ3n) is 3.21. The van der Waals surface area contributed by atoms with Crippen molar-refractivity contribution >= 4 is 0 Å². The molecule has 2 rings (SSSR count). The molecule has 0 amide bonds. The van der Waals surface area contributed by atoms with Crippen molar-refractivity contribution in [2.45, 2.75) is 31.4 Å². The molecule has 0 bridgehead atoms. The standard InChI is InChI=1S/C13H17F2NO/c1-16-13(11-7-2-3-8-17-11)12-9(14)5-4-6-10(12)15/h4-6,11,13,16H,2-3,7-8H2,1H3. The van der Waals surface area contributed by atoms with Gasteiger partial charge in [-0.15, -0.1) is 0 Å². The fourth-order valence-corrected chi connectivity index (χ4v) is 2.35. The van der Waals surface area contributed by atoms with Crippen molar-refractivity contribution in [3.8, 4) is 0 Å². The topological polar surface area (TPSA) is 21.3 Å². The van der Waals surface area contributed by atoms with Gasteiger partial charge in [0.2, 0.25) is 0 Å². The first-order valence-electron chi connectivity index (χ1n) is 5.97. The predicted octanol–water partition coefficient (Wildman–Crippen LogP) is 2.79. The lowest BCUT2D eigenvalue weighted by molar-refractivity contribution is -0.00806. The summed E-state index contributed by atoms with van der Waals surface area (Å²) in [7, 11) is 1.70. The van der Waals surface area contributed by atoms with Crippen LogP contribution in [0.1, 0.15) is 30.9 Å². The fraction of sp³-hybridized carbons (Fsp3) is 0.538. The maximum absolute atomic E-state index is 13.7. The van der Waals surface area contributed by atoms with Crippen molar-refractivity contribution in [2.24, 2.45) is 0 Å². The molecular formula is C13H17F2NO. The molecule has 2 unspecified atom stereocenters. The molecule has 0 saturated carbocycles. The number of hydrogen-bond acceptors (Lipinski definition) is 2. The van der Waals surface area contributed by atoms with E-state index in [4.69, 9.17) is 4.74 Å². The smallest absolute Gasteiger partial charge is 0.131 e. The third-order valence-corrected chi connectivity index (χ3v) is 3.21. The van der Waals surface area contributed by atoms with Gasteiger partial charge < -0.3 is 10.1 Å². The number of benzene rings is 1. The van der Waals surface area contributed by atoms with E-state index in [1.54, 1.807) is 7.05 Å². The molecule has 4 heteroatoms. The molecule has 1 aromatic carbocycles. The first-order chi connectivity index (χ1) is 8.24. The van der Waals surface area contributed by atoms with Crippen LogP contribution in [0.2, 0.25) is 0 Å². The van der Waals surface area contributed by atoms with Crippen molar-refractivity contribution in [1.82, 2.24) is 5.32 Å². The zero-order valence-electron chi connectivity index (χ0n) is 9.88.